The second-order valence-electron chi connectivity index (χ2n) is 8.18. The second kappa shape index (κ2) is 10.3. The average Bonchev–Trinajstić information content (AvgIpc) is 3.33. The zero-order valence-corrected chi connectivity index (χ0v) is 19.6. The normalized spacial score (nSPS) is 14.8. The zero-order chi connectivity index (χ0) is 23.3. The number of hydrogen-bond donors (Lipinski definition) is 1. The first-order valence-electron chi connectivity index (χ1n) is 11.3. The Hall–Kier alpha value is -3.04. The number of nitrogens with zero attached hydrogens (tertiary/aromatic N) is 4. The Morgan fingerprint density at radius 1 is 1.06 bits per heavy atom. The lowest BCUT2D eigenvalue weighted by atomic mass is 10.1. The average molecular weight is 468 g/mol. The van der Waals surface area contributed by atoms with Gasteiger partial charge in [-0.2, -0.15) is 4.31 Å². The molecule has 1 aliphatic rings. The lowest BCUT2D eigenvalue weighted by Gasteiger charge is -2.25. The number of hydrogen-bond acceptors (Lipinski definition) is 5. The van der Waals surface area contributed by atoms with Gasteiger partial charge in [-0.3, -0.25) is 4.79 Å². The highest BCUT2D eigenvalue weighted by atomic mass is 32.2. The summed E-state index contributed by atoms with van der Waals surface area (Å²) in [5, 5.41) is 11.0. The van der Waals surface area contributed by atoms with Crippen molar-refractivity contribution in [3.8, 4) is 11.4 Å². The molecule has 1 amide bonds. The maximum atomic E-state index is 12.8. The van der Waals surface area contributed by atoms with Crippen molar-refractivity contribution in [2.75, 3.05) is 18.4 Å². The molecule has 1 N–H and O–H groups in total. The smallest absolute Gasteiger partial charge is 0.243 e. The van der Waals surface area contributed by atoms with Crippen LogP contribution in [0.25, 0.3) is 11.4 Å². The van der Waals surface area contributed by atoms with Gasteiger partial charge in [0.2, 0.25) is 15.9 Å². The number of anilines is 1. The Bertz CT molecular complexity index is 1200. The summed E-state index contributed by atoms with van der Waals surface area (Å²) in [6, 6.07) is 14.4. The van der Waals surface area contributed by atoms with Crippen molar-refractivity contribution >= 4 is 21.6 Å². The highest BCUT2D eigenvalue weighted by Gasteiger charge is 2.25. The molecule has 4 rings (SSSR count). The molecule has 2 aromatic carbocycles. The molecule has 0 bridgehead atoms. The van der Waals surface area contributed by atoms with Crippen molar-refractivity contribution in [1.82, 2.24) is 19.1 Å². The number of rotatable bonds is 8. The molecule has 3 aromatic rings. The van der Waals surface area contributed by atoms with E-state index in [4.69, 9.17) is 0 Å². The van der Waals surface area contributed by atoms with E-state index in [0.717, 1.165) is 42.8 Å². The molecule has 33 heavy (non-hydrogen) atoms. The Morgan fingerprint density at radius 2 is 1.82 bits per heavy atom. The lowest BCUT2D eigenvalue weighted by molar-refractivity contribution is -0.116. The summed E-state index contributed by atoms with van der Waals surface area (Å²) in [5.41, 5.74) is 2.51. The fourth-order valence-corrected chi connectivity index (χ4v) is 5.53. The van der Waals surface area contributed by atoms with Crippen LogP contribution >= 0.6 is 0 Å². The molecular formula is C24H29N5O3S. The fraction of sp³-hybridized carbons (Fsp3) is 0.375. The monoisotopic (exact) mass is 467 g/mol. The number of benzene rings is 2. The summed E-state index contributed by atoms with van der Waals surface area (Å²) < 4.78 is 29.1. The Labute approximate surface area is 194 Å². The van der Waals surface area contributed by atoms with Gasteiger partial charge in [0, 0.05) is 37.3 Å². The summed E-state index contributed by atoms with van der Waals surface area (Å²) >= 11 is 0. The van der Waals surface area contributed by atoms with Gasteiger partial charge in [0.15, 0.2) is 5.82 Å². The number of amides is 1. The van der Waals surface area contributed by atoms with Gasteiger partial charge >= 0.3 is 0 Å². The molecule has 0 atom stereocenters. The van der Waals surface area contributed by atoms with Crippen LogP contribution in [0.3, 0.4) is 0 Å². The minimum absolute atomic E-state index is 0.103. The van der Waals surface area contributed by atoms with Crippen LogP contribution in [0.15, 0.2) is 59.8 Å². The summed E-state index contributed by atoms with van der Waals surface area (Å²) in [6.45, 7) is 3.95. The van der Waals surface area contributed by atoms with Crippen LogP contribution in [0.1, 0.15) is 38.2 Å². The van der Waals surface area contributed by atoms with E-state index < -0.39 is 10.0 Å². The summed E-state index contributed by atoms with van der Waals surface area (Å²) in [5.74, 6) is 0.655. The first kappa shape index (κ1) is 23.1. The van der Waals surface area contributed by atoms with Crippen LogP contribution in [-0.2, 0) is 27.8 Å². The van der Waals surface area contributed by atoms with Crippen LogP contribution in [-0.4, -0.2) is 46.5 Å². The summed E-state index contributed by atoms with van der Waals surface area (Å²) in [7, 11) is -3.44. The van der Waals surface area contributed by atoms with Gasteiger partial charge in [-0.25, -0.2) is 8.42 Å². The number of piperidine rings is 1. The van der Waals surface area contributed by atoms with Gasteiger partial charge in [-0.05, 0) is 56.0 Å². The Morgan fingerprint density at radius 3 is 2.55 bits per heavy atom. The number of carbonyl (C=O) groups is 1. The molecular weight excluding hydrogens is 438 g/mol. The van der Waals surface area contributed by atoms with Crippen molar-refractivity contribution in [3.63, 3.8) is 0 Å². The number of nitrogens with one attached hydrogen (secondary N) is 1. The molecule has 174 valence electrons. The summed E-state index contributed by atoms with van der Waals surface area (Å²) in [4.78, 5) is 12.8. The SMILES string of the molecule is CCn1cnnc1-c1cccc(NC(=O)CCc2ccc(S(=O)(=O)N3CCCCC3)cc2)c1. The van der Waals surface area contributed by atoms with Crippen molar-refractivity contribution in [2.45, 2.75) is 50.5 Å². The number of aromatic nitrogens is 3. The predicted octanol–water partition coefficient (Wildman–Crippen LogP) is 3.71. The molecule has 0 unspecified atom stereocenters. The number of aryl methyl sites for hydroxylation is 2. The van der Waals surface area contributed by atoms with Gasteiger partial charge < -0.3 is 9.88 Å². The molecule has 0 spiro atoms. The van der Waals surface area contributed by atoms with Crippen LogP contribution in [0.2, 0.25) is 0 Å². The zero-order valence-electron chi connectivity index (χ0n) is 18.8. The fourth-order valence-electron chi connectivity index (χ4n) is 4.01. The van der Waals surface area contributed by atoms with Gasteiger partial charge in [0.05, 0.1) is 4.90 Å². The predicted molar refractivity (Wildman–Crippen MR) is 127 cm³/mol. The summed E-state index contributed by atoms with van der Waals surface area (Å²) in [6.07, 6.45) is 5.41. The largest absolute Gasteiger partial charge is 0.326 e. The molecule has 0 saturated carbocycles. The molecule has 0 radical (unpaired) electrons. The third kappa shape index (κ3) is 5.48. The molecule has 1 fully saturated rings. The van der Waals surface area contributed by atoms with Crippen LogP contribution in [0, 0.1) is 0 Å². The molecule has 8 nitrogen and oxygen atoms in total. The van der Waals surface area contributed by atoms with Crippen LogP contribution < -0.4 is 5.32 Å². The van der Waals surface area contributed by atoms with Crippen molar-refractivity contribution < 1.29 is 13.2 Å². The van der Waals surface area contributed by atoms with E-state index in [-0.39, 0.29) is 5.91 Å². The molecule has 1 aliphatic heterocycles. The van der Waals surface area contributed by atoms with Gasteiger partial charge in [0.1, 0.15) is 6.33 Å². The van der Waals surface area contributed by atoms with Crippen molar-refractivity contribution in [3.05, 3.63) is 60.4 Å². The highest BCUT2D eigenvalue weighted by Crippen LogP contribution is 2.22. The van der Waals surface area contributed by atoms with E-state index in [9.17, 15) is 13.2 Å². The molecule has 0 aliphatic carbocycles. The molecule has 1 aromatic heterocycles. The molecule has 9 heteroatoms. The van der Waals surface area contributed by atoms with Gasteiger partial charge in [0.25, 0.3) is 0 Å². The minimum atomic E-state index is -3.44. The second-order valence-corrected chi connectivity index (χ2v) is 10.1. The molecule has 1 saturated heterocycles. The Kier molecular flexibility index (Phi) is 7.20. The van der Waals surface area contributed by atoms with E-state index in [2.05, 4.69) is 15.5 Å². The van der Waals surface area contributed by atoms with E-state index in [0.29, 0.717) is 36.5 Å². The van der Waals surface area contributed by atoms with Gasteiger partial charge in [-0.1, -0.05) is 30.7 Å². The van der Waals surface area contributed by atoms with Crippen LogP contribution in [0.5, 0.6) is 0 Å². The van der Waals surface area contributed by atoms with Crippen molar-refractivity contribution in [1.29, 1.82) is 0 Å². The van der Waals surface area contributed by atoms with E-state index in [1.807, 2.05) is 35.8 Å². The standard InChI is InChI=1S/C24H29N5O3S/c1-2-28-18-25-27-24(28)20-7-6-8-21(17-20)26-23(30)14-11-19-9-12-22(13-10-19)33(31,32)29-15-4-3-5-16-29/h6-10,12-13,17-18H,2-5,11,14-16H2,1H3,(H,26,30). The van der Waals surface area contributed by atoms with E-state index >= 15 is 0 Å². The lowest BCUT2D eigenvalue weighted by Crippen LogP contribution is -2.35. The third-order valence-corrected chi connectivity index (χ3v) is 7.79. The number of carbonyl (C=O) groups excluding carboxylic acids is 1. The number of sulfonamides is 1. The van der Waals surface area contributed by atoms with E-state index in [1.165, 1.54) is 0 Å². The maximum Gasteiger partial charge on any atom is 0.243 e. The molecule has 2 heterocycles. The van der Waals surface area contributed by atoms with Crippen LogP contribution in [0.4, 0.5) is 5.69 Å². The highest BCUT2D eigenvalue weighted by molar-refractivity contribution is 7.89. The van der Waals surface area contributed by atoms with Crippen molar-refractivity contribution in [2.24, 2.45) is 0 Å². The van der Waals surface area contributed by atoms with Gasteiger partial charge in [-0.15, -0.1) is 10.2 Å². The third-order valence-electron chi connectivity index (χ3n) is 5.88. The quantitative estimate of drug-likeness (QED) is 0.545. The minimum Gasteiger partial charge on any atom is -0.326 e. The topological polar surface area (TPSA) is 97.2 Å². The Balaban J connectivity index is 1.34. The first-order valence-corrected chi connectivity index (χ1v) is 12.8. The van der Waals surface area contributed by atoms with E-state index in [1.54, 1.807) is 34.9 Å². The maximum absolute atomic E-state index is 12.8. The first-order chi connectivity index (χ1) is 16.0.